The number of amides is 2. The zero-order valence-corrected chi connectivity index (χ0v) is 14.6. The van der Waals surface area contributed by atoms with Crippen molar-refractivity contribution in [3.8, 4) is 16.9 Å². The lowest BCUT2D eigenvalue weighted by atomic mass is 10.1. The third kappa shape index (κ3) is 5.64. The van der Waals surface area contributed by atoms with Crippen LogP contribution in [0.4, 0.5) is 0 Å². The maximum absolute atomic E-state index is 12.1. The summed E-state index contributed by atoms with van der Waals surface area (Å²) < 4.78 is 5.75. The van der Waals surface area contributed by atoms with Crippen molar-refractivity contribution in [2.24, 2.45) is 0 Å². The fourth-order valence-electron chi connectivity index (χ4n) is 2.34. The van der Waals surface area contributed by atoms with Gasteiger partial charge in [-0.25, -0.2) is 0 Å². The van der Waals surface area contributed by atoms with E-state index in [0.29, 0.717) is 18.6 Å². The van der Waals surface area contributed by atoms with E-state index in [1.165, 1.54) is 0 Å². The Hall–Kier alpha value is -2.82. The van der Waals surface area contributed by atoms with Gasteiger partial charge >= 0.3 is 0 Å². The molecule has 0 aliphatic carbocycles. The van der Waals surface area contributed by atoms with Crippen molar-refractivity contribution < 1.29 is 14.3 Å². The maximum atomic E-state index is 12.1. The van der Waals surface area contributed by atoms with Gasteiger partial charge in [0.1, 0.15) is 5.75 Å². The molecule has 1 unspecified atom stereocenters. The minimum atomic E-state index is -0.662. The van der Waals surface area contributed by atoms with Gasteiger partial charge in [0.2, 0.25) is 5.91 Å². The molecule has 0 fully saturated rings. The molecule has 2 rings (SSSR count). The molecule has 0 aromatic heterocycles. The molecule has 0 radical (unpaired) electrons. The van der Waals surface area contributed by atoms with Crippen LogP contribution in [-0.4, -0.2) is 17.9 Å². The summed E-state index contributed by atoms with van der Waals surface area (Å²) in [4.78, 5) is 23.5. The average molecular weight is 340 g/mol. The van der Waals surface area contributed by atoms with Crippen molar-refractivity contribution >= 4 is 11.8 Å². The molecule has 0 saturated carbocycles. The Morgan fingerprint density at radius 1 is 0.920 bits per heavy atom. The van der Waals surface area contributed by atoms with Gasteiger partial charge in [-0.05, 0) is 36.1 Å². The molecular weight excluding hydrogens is 316 g/mol. The van der Waals surface area contributed by atoms with Crippen molar-refractivity contribution in [3.63, 3.8) is 0 Å². The fourth-order valence-corrected chi connectivity index (χ4v) is 2.34. The molecule has 25 heavy (non-hydrogen) atoms. The van der Waals surface area contributed by atoms with Crippen LogP contribution in [0.25, 0.3) is 11.1 Å². The van der Waals surface area contributed by atoms with Crippen LogP contribution >= 0.6 is 0 Å². The Morgan fingerprint density at radius 3 is 2.16 bits per heavy atom. The number of carbonyl (C=O) groups is 2. The van der Waals surface area contributed by atoms with Crippen LogP contribution in [0.5, 0.6) is 5.75 Å². The number of nitrogens with one attached hydrogen (secondary N) is 2. The number of ether oxygens (including phenoxy) is 1. The second-order valence-electron chi connectivity index (χ2n) is 5.69. The van der Waals surface area contributed by atoms with E-state index in [4.69, 9.17) is 4.74 Å². The predicted molar refractivity (Wildman–Crippen MR) is 97.8 cm³/mol. The number of hydrogen-bond acceptors (Lipinski definition) is 3. The van der Waals surface area contributed by atoms with E-state index in [2.05, 4.69) is 10.9 Å². The third-order valence-electron chi connectivity index (χ3n) is 3.71. The van der Waals surface area contributed by atoms with Gasteiger partial charge in [0.05, 0.1) is 0 Å². The third-order valence-corrected chi connectivity index (χ3v) is 3.71. The molecule has 5 heteroatoms. The number of benzene rings is 2. The lowest BCUT2D eigenvalue weighted by Gasteiger charge is -2.17. The van der Waals surface area contributed by atoms with Crippen molar-refractivity contribution in [1.29, 1.82) is 0 Å². The highest BCUT2D eigenvalue weighted by Crippen LogP contribution is 2.22. The van der Waals surface area contributed by atoms with E-state index in [1.54, 1.807) is 0 Å². The summed E-state index contributed by atoms with van der Waals surface area (Å²) in [7, 11) is 0. The SMILES string of the molecule is CCCC(=O)NNC(=O)C(CC)Oc1ccc(-c2ccccc2)cc1. The van der Waals surface area contributed by atoms with Crippen molar-refractivity contribution in [2.75, 3.05) is 0 Å². The van der Waals surface area contributed by atoms with E-state index in [1.807, 2.05) is 68.4 Å². The first-order valence-corrected chi connectivity index (χ1v) is 8.54. The predicted octanol–water partition coefficient (Wildman–Crippen LogP) is 3.46. The van der Waals surface area contributed by atoms with Crippen molar-refractivity contribution in [3.05, 3.63) is 54.6 Å². The molecule has 2 N–H and O–H groups in total. The molecule has 2 aromatic carbocycles. The Balaban J connectivity index is 1.94. The van der Waals surface area contributed by atoms with Gasteiger partial charge in [0.15, 0.2) is 6.10 Å². The van der Waals surface area contributed by atoms with Gasteiger partial charge in [0.25, 0.3) is 5.91 Å². The molecule has 132 valence electrons. The quantitative estimate of drug-likeness (QED) is 0.759. The largest absolute Gasteiger partial charge is 0.481 e. The van der Waals surface area contributed by atoms with E-state index >= 15 is 0 Å². The number of hydrogen-bond donors (Lipinski definition) is 2. The molecule has 2 aromatic rings. The fraction of sp³-hybridized carbons (Fsp3) is 0.300. The van der Waals surface area contributed by atoms with Crippen LogP contribution in [0.15, 0.2) is 54.6 Å². The topological polar surface area (TPSA) is 67.4 Å². The molecule has 5 nitrogen and oxygen atoms in total. The molecule has 0 saturated heterocycles. The Labute approximate surface area is 148 Å². The summed E-state index contributed by atoms with van der Waals surface area (Å²) >= 11 is 0. The van der Waals surface area contributed by atoms with Gasteiger partial charge in [0, 0.05) is 6.42 Å². The molecule has 0 bridgehead atoms. The summed E-state index contributed by atoms with van der Waals surface area (Å²) in [6.45, 7) is 3.76. The maximum Gasteiger partial charge on any atom is 0.279 e. The van der Waals surface area contributed by atoms with E-state index in [9.17, 15) is 9.59 Å². The van der Waals surface area contributed by atoms with Gasteiger partial charge in [-0.3, -0.25) is 20.4 Å². The molecule has 2 amide bonds. The van der Waals surface area contributed by atoms with Gasteiger partial charge in [-0.15, -0.1) is 0 Å². The van der Waals surface area contributed by atoms with Crippen LogP contribution < -0.4 is 15.6 Å². The van der Waals surface area contributed by atoms with Crippen LogP contribution in [0, 0.1) is 0 Å². The Morgan fingerprint density at radius 2 is 1.56 bits per heavy atom. The van der Waals surface area contributed by atoms with Crippen LogP contribution in [0.1, 0.15) is 33.1 Å². The highest BCUT2D eigenvalue weighted by molar-refractivity contribution is 5.84. The van der Waals surface area contributed by atoms with Crippen LogP contribution in [-0.2, 0) is 9.59 Å². The normalized spacial score (nSPS) is 11.4. The van der Waals surface area contributed by atoms with Gasteiger partial charge in [-0.2, -0.15) is 0 Å². The standard InChI is InChI=1S/C20H24N2O3/c1-3-8-19(23)21-22-20(24)18(4-2)25-17-13-11-16(12-14-17)15-9-6-5-7-10-15/h5-7,9-14,18H,3-4,8H2,1-2H3,(H,21,23)(H,22,24). The molecular formula is C20H24N2O3. The summed E-state index contributed by atoms with van der Waals surface area (Å²) in [6.07, 6.45) is 0.933. The monoisotopic (exact) mass is 340 g/mol. The average Bonchev–Trinajstić information content (AvgIpc) is 2.65. The highest BCUT2D eigenvalue weighted by Gasteiger charge is 2.18. The van der Waals surface area contributed by atoms with Crippen LogP contribution in [0.3, 0.4) is 0 Å². The Kier molecular flexibility index (Phi) is 7.01. The van der Waals surface area contributed by atoms with E-state index in [0.717, 1.165) is 17.5 Å². The molecule has 1 atom stereocenters. The van der Waals surface area contributed by atoms with E-state index < -0.39 is 6.10 Å². The highest BCUT2D eigenvalue weighted by atomic mass is 16.5. The van der Waals surface area contributed by atoms with Gasteiger partial charge in [-0.1, -0.05) is 56.3 Å². The summed E-state index contributed by atoms with van der Waals surface area (Å²) in [5, 5.41) is 0. The summed E-state index contributed by atoms with van der Waals surface area (Å²) in [6, 6.07) is 17.6. The second kappa shape index (κ2) is 9.47. The minimum Gasteiger partial charge on any atom is -0.481 e. The number of rotatable bonds is 7. The second-order valence-corrected chi connectivity index (χ2v) is 5.69. The number of carbonyl (C=O) groups excluding carboxylic acids is 2. The first-order chi connectivity index (χ1) is 12.1. The van der Waals surface area contributed by atoms with Crippen LogP contribution in [0.2, 0.25) is 0 Å². The minimum absolute atomic E-state index is 0.210. The van der Waals surface area contributed by atoms with E-state index in [-0.39, 0.29) is 11.8 Å². The summed E-state index contributed by atoms with van der Waals surface area (Å²) in [5.41, 5.74) is 7.01. The lowest BCUT2D eigenvalue weighted by Crippen LogP contribution is -2.47. The molecule has 0 aliphatic rings. The number of hydrazine groups is 1. The van der Waals surface area contributed by atoms with Crippen molar-refractivity contribution in [2.45, 2.75) is 39.2 Å². The summed E-state index contributed by atoms with van der Waals surface area (Å²) in [5.74, 6) is 0.0403. The van der Waals surface area contributed by atoms with Gasteiger partial charge < -0.3 is 4.74 Å². The Bertz CT molecular complexity index is 684. The van der Waals surface area contributed by atoms with Crippen molar-refractivity contribution in [1.82, 2.24) is 10.9 Å². The zero-order chi connectivity index (χ0) is 18.1. The zero-order valence-electron chi connectivity index (χ0n) is 14.6. The molecule has 0 aliphatic heterocycles. The lowest BCUT2D eigenvalue weighted by molar-refractivity contribution is -0.133. The molecule has 0 spiro atoms. The first kappa shape index (κ1) is 18.5. The first-order valence-electron chi connectivity index (χ1n) is 8.54. The smallest absolute Gasteiger partial charge is 0.279 e. The molecule has 0 heterocycles.